The summed E-state index contributed by atoms with van der Waals surface area (Å²) < 4.78 is 0. The number of nitrogens with zero attached hydrogens (tertiary/aromatic N) is 1. The summed E-state index contributed by atoms with van der Waals surface area (Å²) >= 11 is 12.1. The molecule has 3 N–H and O–H groups in total. The Hall–Kier alpha value is -3.35. The van der Waals surface area contributed by atoms with Crippen LogP contribution in [0.1, 0.15) is 34.6 Å². The Balaban J connectivity index is 1.24. The third kappa shape index (κ3) is 4.79. The standard InChI is InChI=1S/C26H22Cl2N4O2/c27-17-7-11-20(21(28)13-17)26(34)30-19-10-12-22-23(14-19)32-24(31-22)15-5-8-18(9-6-15)29-25(33)16-3-1-2-4-16/h1,3,5-13,16,19H,2,4,14H2,(H,29,33)(H,30,34)(H,31,32). The smallest absolute Gasteiger partial charge is 0.253 e. The second kappa shape index (κ2) is 9.49. The van der Waals surface area contributed by atoms with Crippen LogP contribution in [0.25, 0.3) is 17.5 Å². The predicted molar refractivity (Wildman–Crippen MR) is 135 cm³/mol. The Bertz CT molecular complexity index is 1310. The second-order valence-corrected chi connectivity index (χ2v) is 9.24. The van der Waals surface area contributed by atoms with Crippen molar-refractivity contribution in [3.8, 4) is 11.4 Å². The lowest BCUT2D eigenvalue weighted by atomic mass is 10.0. The van der Waals surface area contributed by atoms with E-state index < -0.39 is 0 Å². The van der Waals surface area contributed by atoms with Gasteiger partial charge in [-0.15, -0.1) is 0 Å². The Morgan fingerprint density at radius 2 is 1.88 bits per heavy atom. The zero-order valence-corrected chi connectivity index (χ0v) is 19.7. The highest BCUT2D eigenvalue weighted by Crippen LogP contribution is 2.26. The first-order valence-corrected chi connectivity index (χ1v) is 11.8. The predicted octanol–water partition coefficient (Wildman–Crippen LogP) is 5.66. The van der Waals surface area contributed by atoms with Gasteiger partial charge in [0.15, 0.2) is 0 Å². The molecule has 1 heterocycles. The van der Waals surface area contributed by atoms with Crippen molar-refractivity contribution in [3.05, 3.63) is 87.7 Å². The van der Waals surface area contributed by atoms with Crippen LogP contribution in [0.15, 0.2) is 60.7 Å². The highest BCUT2D eigenvalue weighted by atomic mass is 35.5. The van der Waals surface area contributed by atoms with Crippen molar-refractivity contribution in [1.82, 2.24) is 15.3 Å². The minimum absolute atomic E-state index is 0.0214. The van der Waals surface area contributed by atoms with Gasteiger partial charge in [0.1, 0.15) is 5.82 Å². The minimum Gasteiger partial charge on any atom is -0.345 e. The van der Waals surface area contributed by atoms with Gasteiger partial charge in [0, 0.05) is 28.4 Å². The van der Waals surface area contributed by atoms with Crippen LogP contribution >= 0.6 is 23.2 Å². The zero-order chi connectivity index (χ0) is 23.7. The van der Waals surface area contributed by atoms with E-state index >= 15 is 0 Å². The van der Waals surface area contributed by atoms with Crippen LogP contribution in [0.3, 0.4) is 0 Å². The van der Waals surface area contributed by atoms with Gasteiger partial charge in [0.25, 0.3) is 5.91 Å². The lowest BCUT2D eigenvalue weighted by Gasteiger charge is -2.18. The van der Waals surface area contributed by atoms with Gasteiger partial charge in [-0.2, -0.15) is 0 Å². The molecule has 1 aromatic heterocycles. The van der Waals surface area contributed by atoms with Crippen molar-refractivity contribution in [3.63, 3.8) is 0 Å². The normalized spacial score (nSPS) is 18.5. The molecule has 6 nitrogen and oxygen atoms in total. The van der Waals surface area contributed by atoms with Crippen LogP contribution in [0, 0.1) is 5.92 Å². The summed E-state index contributed by atoms with van der Waals surface area (Å²) in [7, 11) is 0. The summed E-state index contributed by atoms with van der Waals surface area (Å²) in [5.41, 5.74) is 3.83. The summed E-state index contributed by atoms with van der Waals surface area (Å²) in [6, 6.07) is 12.2. The number of carbonyl (C=O) groups is 2. The average Bonchev–Trinajstić information content (AvgIpc) is 3.49. The molecule has 34 heavy (non-hydrogen) atoms. The van der Waals surface area contributed by atoms with Crippen LogP contribution in [-0.2, 0) is 11.2 Å². The number of hydrogen-bond donors (Lipinski definition) is 3. The number of fused-ring (bicyclic) bond motifs is 1. The molecule has 172 valence electrons. The molecular weight excluding hydrogens is 471 g/mol. The van der Waals surface area contributed by atoms with Crippen LogP contribution in [-0.4, -0.2) is 27.8 Å². The number of rotatable bonds is 5. The van der Waals surface area contributed by atoms with E-state index in [1.54, 1.807) is 18.2 Å². The first kappa shape index (κ1) is 22.4. The Labute approximate surface area is 207 Å². The van der Waals surface area contributed by atoms with E-state index in [0.29, 0.717) is 22.0 Å². The molecule has 2 atom stereocenters. The van der Waals surface area contributed by atoms with E-state index in [2.05, 4.69) is 20.6 Å². The maximum absolute atomic E-state index is 12.6. The number of amides is 2. The second-order valence-electron chi connectivity index (χ2n) is 8.40. The summed E-state index contributed by atoms with van der Waals surface area (Å²) in [5, 5.41) is 6.75. The number of carbonyl (C=O) groups excluding carboxylic acids is 2. The van der Waals surface area contributed by atoms with Crippen molar-refractivity contribution < 1.29 is 9.59 Å². The SMILES string of the molecule is O=C(NC1C=Cc2nc(-c3ccc(NC(=O)C4C=CCC4)cc3)[nH]c2C1)c1ccc(Cl)cc1Cl. The molecule has 8 heteroatoms. The lowest BCUT2D eigenvalue weighted by Crippen LogP contribution is -2.36. The van der Waals surface area contributed by atoms with Crippen molar-refractivity contribution in [2.24, 2.45) is 5.92 Å². The fourth-order valence-electron chi connectivity index (χ4n) is 4.16. The topological polar surface area (TPSA) is 86.9 Å². The number of halogens is 2. The molecule has 2 amide bonds. The number of nitrogens with one attached hydrogen (secondary N) is 3. The molecular formula is C26H22Cl2N4O2. The fraction of sp³-hybridized carbons (Fsp3) is 0.192. The molecule has 2 unspecified atom stereocenters. The Morgan fingerprint density at radius 1 is 1.06 bits per heavy atom. The maximum Gasteiger partial charge on any atom is 0.253 e. The van der Waals surface area contributed by atoms with E-state index in [1.807, 2.05) is 48.6 Å². The molecule has 2 aliphatic carbocycles. The largest absolute Gasteiger partial charge is 0.345 e. The number of aromatic nitrogens is 2. The van der Waals surface area contributed by atoms with Crippen molar-refractivity contribution >= 4 is 46.8 Å². The third-order valence-electron chi connectivity index (χ3n) is 5.99. The van der Waals surface area contributed by atoms with Gasteiger partial charge in [0.2, 0.25) is 5.91 Å². The highest BCUT2D eigenvalue weighted by Gasteiger charge is 2.22. The summed E-state index contributed by atoms with van der Waals surface area (Å²) in [4.78, 5) is 33.0. The molecule has 3 aromatic rings. The van der Waals surface area contributed by atoms with Crippen LogP contribution in [0.4, 0.5) is 5.69 Å². The number of benzene rings is 2. The molecule has 0 spiro atoms. The molecule has 0 aliphatic heterocycles. The zero-order valence-electron chi connectivity index (χ0n) is 18.1. The molecule has 5 rings (SSSR count). The van der Waals surface area contributed by atoms with Crippen LogP contribution in [0.2, 0.25) is 10.0 Å². The van der Waals surface area contributed by atoms with Gasteiger partial charge in [-0.3, -0.25) is 9.59 Å². The molecule has 0 bridgehead atoms. The molecule has 0 saturated carbocycles. The van der Waals surface area contributed by atoms with Gasteiger partial charge in [0.05, 0.1) is 28.2 Å². The minimum atomic E-state index is -0.259. The monoisotopic (exact) mass is 492 g/mol. The van der Waals surface area contributed by atoms with Gasteiger partial charge in [-0.1, -0.05) is 41.4 Å². The van der Waals surface area contributed by atoms with Crippen LogP contribution < -0.4 is 10.6 Å². The highest BCUT2D eigenvalue weighted by molar-refractivity contribution is 6.36. The van der Waals surface area contributed by atoms with E-state index in [9.17, 15) is 9.59 Å². The summed E-state index contributed by atoms with van der Waals surface area (Å²) in [6.07, 6.45) is 10.2. The lowest BCUT2D eigenvalue weighted by molar-refractivity contribution is -0.118. The average molecular weight is 493 g/mol. The van der Waals surface area contributed by atoms with Crippen molar-refractivity contribution in [2.75, 3.05) is 5.32 Å². The summed E-state index contributed by atoms with van der Waals surface area (Å²) in [6.45, 7) is 0. The van der Waals surface area contributed by atoms with E-state index in [-0.39, 0.29) is 23.8 Å². The number of hydrogen-bond acceptors (Lipinski definition) is 3. The first-order chi connectivity index (χ1) is 16.5. The number of allylic oxidation sites excluding steroid dienone is 1. The molecule has 0 radical (unpaired) electrons. The van der Waals surface area contributed by atoms with E-state index in [1.165, 1.54) is 0 Å². The van der Waals surface area contributed by atoms with Gasteiger partial charge >= 0.3 is 0 Å². The third-order valence-corrected chi connectivity index (χ3v) is 6.54. The molecule has 2 aliphatic rings. The van der Waals surface area contributed by atoms with Crippen molar-refractivity contribution in [1.29, 1.82) is 0 Å². The van der Waals surface area contributed by atoms with Gasteiger partial charge in [-0.25, -0.2) is 4.98 Å². The number of anilines is 1. The molecule has 2 aromatic carbocycles. The first-order valence-electron chi connectivity index (χ1n) is 11.1. The Morgan fingerprint density at radius 3 is 2.62 bits per heavy atom. The van der Waals surface area contributed by atoms with Gasteiger partial charge in [-0.05, 0) is 61.4 Å². The number of imidazole rings is 1. The van der Waals surface area contributed by atoms with Crippen LogP contribution in [0.5, 0.6) is 0 Å². The molecule has 0 saturated heterocycles. The molecule has 0 fully saturated rings. The fourth-order valence-corrected chi connectivity index (χ4v) is 4.66. The Kier molecular flexibility index (Phi) is 6.26. The van der Waals surface area contributed by atoms with Crippen molar-refractivity contribution in [2.45, 2.75) is 25.3 Å². The number of H-pyrrole nitrogens is 1. The van der Waals surface area contributed by atoms with E-state index in [4.69, 9.17) is 23.2 Å². The maximum atomic E-state index is 12.6. The quantitative estimate of drug-likeness (QED) is 0.401. The van der Waals surface area contributed by atoms with E-state index in [0.717, 1.165) is 41.3 Å². The summed E-state index contributed by atoms with van der Waals surface area (Å²) in [5.74, 6) is 0.449. The number of aromatic amines is 1. The van der Waals surface area contributed by atoms with Gasteiger partial charge < -0.3 is 15.6 Å².